The summed E-state index contributed by atoms with van der Waals surface area (Å²) in [6.45, 7) is 34.0. The van der Waals surface area contributed by atoms with Crippen molar-refractivity contribution in [2.45, 2.75) is 141 Å². The van der Waals surface area contributed by atoms with Gasteiger partial charge >= 0.3 is 0 Å². The lowest BCUT2D eigenvalue weighted by atomic mass is 10.1. The lowest BCUT2D eigenvalue weighted by molar-refractivity contribution is -0.0491. The molecule has 2 heterocycles. The van der Waals surface area contributed by atoms with Crippen molar-refractivity contribution in [2.75, 3.05) is 6.61 Å². The molecule has 0 N–H and O–H groups in total. The number of hydrogen-bond acceptors (Lipinski definition) is 6. The summed E-state index contributed by atoms with van der Waals surface area (Å²) in [4.78, 5) is 4.29. The minimum absolute atomic E-state index is 0.00952. The maximum Gasteiger partial charge on any atom is 0.192 e. The number of ether oxygens (including phenoxy) is 1. The fourth-order valence-corrected chi connectivity index (χ4v) is 7.27. The number of rotatable bonds is 8. The molecule has 2 rings (SSSR count). The van der Waals surface area contributed by atoms with Crippen molar-refractivity contribution in [3.05, 3.63) is 17.7 Å². The van der Waals surface area contributed by atoms with Gasteiger partial charge in [0.2, 0.25) is 0 Å². The van der Waals surface area contributed by atoms with E-state index in [-0.39, 0.29) is 33.0 Å². The van der Waals surface area contributed by atoms with Crippen LogP contribution in [0.2, 0.25) is 54.4 Å². The number of terminal acetylenes is 1. The molecule has 1 saturated heterocycles. The summed E-state index contributed by atoms with van der Waals surface area (Å²) in [5.41, 5.74) is 0.596. The van der Waals surface area contributed by atoms with Crippen LogP contribution in [0.5, 0.6) is 0 Å². The number of imidazole rings is 1. The quantitative estimate of drug-likeness (QED) is 0.231. The van der Waals surface area contributed by atoms with Gasteiger partial charge < -0.3 is 18.0 Å². The molecule has 0 spiro atoms. The van der Waals surface area contributed by atoms with Gasteiger partial charge in [0.25, 0.3) is 0 Å². The summed E-state index contributed by atoms with van der Waals surface area (Å²) in [6.07, 6.45) is 5.70. The molecular formula is C29H53N3O4Si3. The Hall–Kier alpha value is -1.25. The standard InChI is InChI=1S/C29H53N3O4Si3/c1-17-22-21(18-30)31-20-32(22)26-25(36-39(15,16)29(8,9)10)24(35-38(13,14)28(5,6)7)23(34-26)19-33-37(11,12)27(2,3)4/h1,20,23-26H,19H2,2-16H3/t23-,24?,25?,26-/m1/s1. The van der Waals surface area contributed by atoms with E-state index in [1.807, 2.05) is 0 Å². The smallest absolute Gasteiger partial charge is 0.192 e. The van der Waals surface area contributed by atoms with E-state index >= 15 is 0 Å². The number of hydrogen-bond donors (Lipinski definition) is 0. The molecule has 1 aliphatic heterocycles. The average Bonchev–Trinajstić information content (AvgIpc) is 3.30. The molecule has 39 heavy (non-hydrogen) atoms. The summed E-state index contributed by atoms with van der Waals surface area (Å²) in [5, 5.41) is 9.66. The van der Waals surface area contributed by atoms with E-state index < -0.39 is 37.3 Å². The number of nitrogens with zero attached hydrogens (tertiary/aromatic N) is 3. The van der Waals surface area contributed by atoms with E-state index in [1.165, 1.54) is 0 Å². The Morgan fingerprint density at radius 1 is 0.872 bits per heavy atom. The number of aromatic nitrogens is 2. The van der Waals surface area contributed by atoms with Crippen LogP contribution in [0.3, 0.4) is 0 Å². The third kappa shape index (κ3) is 7.16. The van der Waals surface area contributed by atoms with Crippen molar-refractivity contribution < 1.29 is 18.0 Å². The normalized spacial score (nSPS) is 23.5. The average molecular weight is 592 g/mol. The molecule has 7 nitrogen and oxygen atoms in total. The third-order valence-electron chi connectivity index (χ3n) is 9.48. The molecule has 1 aromatic heterocycles. The van der Waals surface area contributed by atoms with Gasteiger partial charge in [-0.15, -0.1) is 6.42 Å². The molecule has 1 fully saturated rings. The molecule has 2 unspecified atom stereocenters. The Morgan fingerprint density at radius 3 is 1.74 bits per heavy atom. The molecule has 0 radical (unpaired) electrons. The van der Waals surface area contributed by atoms with Crippen molar-refractivity contribution in [2.24, 2.45) is 0 Å². The summed E-state index contributed by atoms with van der Waals surface area (Å²) >= 11 is 0. The van der Waals surface area contributed by atoms with E-state index in [4.69, 9.17) is 24.4 Å². The summed E-state index contributed by atoms with van der Waals surface area (Å²) in [6, 6.07) is 2.11. The van der Waals surface area contributed by atoms with Gasteiger partial charge in [-0.3, -0.25) is 4.57 Å². The first-order chi connectivity index (χ1) is 17.4. The summed E-state index contributed by atoms with van der Waals surface area (Å²) in [7, 11) is -6.60. The second-order valence-corrected chi connectivity index (χ2v) is 29.7. The fourth-order valence-electron chi connectivity index (χ4n) is 3.65. The van der Waals surface area contributed by atoms with Crippen LogP contribution in [-0.4, -0.2) is 59.4 Å². The zero-order valence-electron chi connectivity index (χ0n) is 27.1. The predicted octanol–water partition coefficient (Wildman–Crippen LogP) is 7.44. The van der Waals surface area contributed by atoms with Crippen LogP contribution >= 0.6 is 0 Å². The van der Waals surface area contributed by atoms with Crippen LogP contribution < -0.4 is 0 Å². The van der Waals surface area contributed by atoms with Crippen LogP contribution in [0.15, 0.2) is 6.33 Å². The highest BCUT2D eigenvalue weighted by Gasteiger charge is 2.55. The maximum atomic E-state index is 9.64. The molecule has 10 heteroatoms. The number of nitriles is 1. The fraction of sp³-hybridized carbons (Fsp3) is 0.793. The molecular weight excluding hydrogens is 539 g/mol. The lowest BCUT2D eigenvalue weighted by Gasteiger charge is -2.44. The van der Waals surface area contributed by atoms with E-state index in [0.717, 1.165) is 0 Å². The van der Waals surface area contributed by atoms with Gasteiger partial charge in [-0.2, -0.15) is 5.26 Å². The second-order valence-electron chi connectivity index (χ2n) is 15.4. The first-order valence-electron chi connectivity index (χ1n) is 14.0. The van der Waals surface area contributed by atoms with Crippen molar-refractivity contribution >= 4 is 25.0 Å². The van der Waals surface area contributed by atoms with Gasteiger partial charge in [0.1, 0.15) is 30.1 Å². The van der Waals surface area contributed by atoms with Crippen LogP contribution in [0.25, 0.3) is 0 Å². The van der Waals surface area contributed by atoms with Crippen molar-refractivity contribution in [3.63, 3.8) is 0 Å². The maximum absolute atomic E-state index is 9.64. The molecule has 0 saturated carbocycles. The molecule has 4 atom stereocenters. The van der Waals surface area contributed by atoms with Crippen molar-refractivity contribution in [1.29, 1.82) is 5.26 Å². The monoisotopic (exact) mass is 591 g/mol. The third-order valence-corrected chi connectivity index (χ3v) is 22.9. The minimum atomic E-state index is -2.28. The van der Waals surface area contributed by atoms with Crippen LogP contribution in [0.1, 0.15) is 79.9 Å². The second kappa shape index (κ2) is 11.2. The molecule has 1 aliphatic rings. The first kappa shape index (κ1) is 34.0. The van der Waals surface area contributed by atoms with Gasteiger partial charge in [0.05, 0.1) is 12.9 Å². The van der Waals surface area contributed by atoms with Crippen LogP contribution in [-0.2, 0) is 18.0 Å². The molecule has 0 amide bonds. The van der Waals surface area contributed by atoms with Gasteiger partial charge in [-0.05, 0) is 60.3 Å². The topological polar surface area (TPSA) is 78.5 Å². The minimum Gasteiger partial charge on any atom is -0.414 e. The largest absolute Gasteiger partial charge is 0.414 e. The van der Waals surface area contributed by atoms with E-state index in [1.54, 1.807) is 10.9 Å². The summed E-state index contributed by atoms with van der Waals surface area (Å²) < 4.78 is 29.6. The highest BCUT2D eigenvalue weighted by Crippen LogP contribution is 2.46. The van der Waals surface area contributed by atoms with E-state index in [0.29, 0.717) is 12.3 Å². The zero-order valence-corrected chi connectivity index (χ0v) is 30.1. The van der Waals surface area contributed by atoms with Crippen molar-refractivity contribution in [3.8, 4) is 18.4 Å². The molecule has 1 aromatic rings. The van der Waals surface area contributed by atoms with E-state index in [9.17, 15) is 5.26 Å². The SMILES string of the molecule is C#Cc1c(C#N)ncn1[C@@H]1O[C@H](CO[Si](C)(C)C(C)(C)C)C(O[Si](C)(C)C(C)(C)C)C1O[Si](C)(C)C(C)(C)C. The Labute approximate surface area is 241 Å². The molecule has 0 aliphatic carbocycles. The molecule has 220 valence electrons. The van der Waals surface area contributed by atoms with Gasteiger partial charge in [0, 0.05) is 0 Å². The Bertz CT molecular complexity index is 1100. The van der Waals surface area contributed by atoms with Crippen molar-refractivity contribution in [1.82, 2.24) is 9.55 Å². The Balaban J connectivity index is 2.68. The zero-order chi connectivity index (χ0) is 30.4. The van der Waals surface area contributed by atoms with Gasteiger partial charge in [-0.25, -0.2) is 4.98 Å². The lowest BCUT2D eigenvalue weighted by Crippen LogP contribution is -2.54. The van der Waals surface area contributed by atoms with Crippen LogP contribution in [0, 0.1) is 23.7 Å². The molecule has 0 aromatic carbocycles. The first-order valence-corrected chi connectivity index (χ1v) is 22.7. The highest BCUT2D eigenvalue weighted by atomic mass is 28.4. The Kier molecular flexibility index (Phi) is 9.75. The molecule has 0 bridgehead atoms. The highest BCUT2D eigenvalue weighted by molar-refractivity contribution is 6.75. The Morgan fingerprint density at radius 2 is 1.33 bits per heavy atom. The van der Waals surface area contributed by atoms with Gasteiger partial charge in [0.15, 0.2) is 36.9 Å². The summed E-state index contributed by atoms with van der Waals surface area (Å²) in [5.74, 6) is 2.66. The predicted molar refractivity (Wildman–Crippen MR) is 166 cm³/mol. The van der Waals surface area contributed by atoms with Crippen LogP contribution in [0.4, 0.5) is 0 Å². The van der Waals surface area contributed by atoms with E-state index in [2.05, 4.69) is 119 Å². The van der Waals surface area contributed by atoms with Gasteiger partial charge in [-0.1, -0.05) is 62.3 Å².